The second-order valence-corrected chi connectivity index (χ2v) is 3.18. The maximum atomic E-state index is 11.4. The largest absolute Gasteiger partial charge is 0.463 e. The number of carbonyl (C=O) groups excluding carboxylic acids is 1. The van der Waals surface area contributed by atoms with Gasteiger partial charge >= 0.3 is 5.97 Å². The van der Waals surface area contributed by atoms with Crippen LogP contribution in [0.15, 0.2) is 0 Å². The monoisotopic (exact) mass is 187 g/mol. The van der Waals surface area contributed by atoms with E-state index in [2.05, 4.69) is 5.32 Å². The number of piperidine rings is 1. The molecule has 0 aliphatic carbocycles. The third-order valence-corrected chi connectivity index (χ3v) is 2.20. The van der Waals surface area contributed by atoms with Crippen LogP contribution in [0.3, 0.4) is 0 Å². The Morgan fingerprint density at radius 2 is 2.08 bits per heavy atom. The molecule has 13 heavy (non-hydrogen) atoms. The summed E-state index contributed by atoms with van der Waals surface area (Å²) in [6.07, 6.45) is 1.79. The number of ether oxygens (including phenoxy) is 2. The number of methoxy groups -OCH3 is 1. The quantitative estimate of drug-likeness (QED) is 0.503. The predicted molar refractivity (Wildman–Crippen MR) is 48.4 cm³/mol. The van der Waals surface area contributed by atoms with Crippen molar-refractivity contribution in [2.45, 2.75) is 12.8 Å². The Labute approximate surface area is 78.6 Å². The molecule has 0 spiro atoms. The van der Waals surface area contributed by atoms with Gasteiger partial charge < -0.3 is 14.8 Å². The van der Waals surface area contributed by atoms with Crippen LogP contribution in [-0.2, 0) is 14.3 Å². The first-order chi connectivity index (χ1) is 6.34. The van der Waals surface area contributed by atoms with E-state index in [-0.39, 0.29) is 11.9 Å². The fourth-order valence-corrected chi connectivity index (χ4v) is 1.40. The lowest BCUT2D eigenvalue weighted by atomic mass is 9.99. The van der Waals surface area contributed by atoms with Gasteiger partial charge in [0.05, 0.1) is 12.5 Å². The average Bonchev–Trinajstić information content (AvgIpc) is 2.19. The van der Waals surface area contributed by atoms with Gasteiger partial charge in [-0.2, -0.15) is 0 Å². The number of rotatable bonds is 4. The highest BCUT2D eigenvalue weighted by Crippen LogP contribution is 2.12. The molecule has 1 heterocycles. The number of nitrogens with one attached hydrogen (secondary N) is 1. The van der Waals surface area contributed by atoms with E-state index in [0.29, 0.717) is 13.2 Å². The van der Waals surface area contributed by atoms with Crippen LogP contribution >= 0.6 is 0 Å². The summed E-state index contributed by atoms with van der Waals surface area (Å²) >= 11 is 0. The van der Waals surface area contributed by atoms with Crippen molar-refractivity contribution in [3.63, 3.8) is 0 Å². The fourth-order valence-electron chi connectivity index (χ4n) is 1.40. The van der Waals surface area contributed by atoms with E-state index in [0.717, 1.165) is 25.9 Å². The first-order valence-corrected chi connectivity index (χ1v) is 4.71. The lowest BCUT2D eigenvalue weighted by Crippen LogP contribution is -2.33. The number of hydrogen-bond donors (Lipinski definition) is 1. The van der Waals surface area contributed by atoms with E-state index in [1.165, 1.54) is 0 Å². The van der Waals surface area contributed by atoms with Crippen molar-refractivity contribution in [2.75, 3.05) is 33.4 Å². The SMILES string of the molecule is COCCOC(=O)C1CCNCC1. The van der Waals surface area contributed by atoms with Crippen LogP contribution < -0.4 is 5.32 Å². The van der Waals surface area contributed by atoms with Crippen molar-refractivity contribution < 1.29 is 14.3 Å². The summed E-state index contributed by atoms with van der Waals surface area (Å²) in [7, 11) is 1.60. The van der Waals surface area contributed by atoms with Gasteiger partial charge in [0.1, 0.15) is 6.61 Å². The van der Waals surface area contributed by atoms with Gasteiger partial charge in [-0.25, -0.2) is 0 Å². The molecule has 1 aliphatic heterocycles. The molecule has 4 heteroatoms. The first-order valence-electron chi connectivity index (χ1n) is 4.71. The number of esters is 1. The molecule has 0 amide bonds. The molecule has 0 aromatic rings. The van der Waals surface area contributed by atoms with Crippen LogP contribution in [0.25, 0.3) is 0 Å². The molecule has 1 fully saturated rings. The molecule has 0 aromatic carbocycles. The van der Waals surface area contributed by atoms with Gasteiger partial charge in [-0.15, -0.1) is 0 Å². The van der Waals surface area contributed by atoms with E-state index in [1.54, 1.807) is 7.11 Å². The van der Waals surface area contributed by atoms with Gasteiger partial charge in [0, 0.05) is 7.11 Å². The van der Waals surface area contributed by atoms with Crippen molar-refractivity contribution >= 4 is 5.97 Å². The first kappa shape index (κ1) is 10.5. The minimum absolute atomic E-state index is 0.0708. The standard InChI is InChI=1S/C9H17NO3/c1-12-6-7-13-9(11)8-2-4-10-5-3-8/h8,10H,2-7H2,1H3. The van der Waals surface area contributed by atoms with Crippen LogP contribution in [0, 0.1) is 5.92 Å². The zero-order chi connectivity index (χ0) is 9.52. The molecule has 1 N–H and O–H groups in total. The predicted octanol–water partition coefficient (Wildman–Crippen LogP) is 0.176. The van der Waals surface area contributed by atoms with Crippen LogP contribution in [0.5, 0.6) is 0 Å². The van der Waals surface area contributed by atoms with Crippen molar-refractivity contribution in [2.24, 2.45) is 5.92 Å². The average molecular weight is 187 g/mol. The summed E-state index contributed by atoms with van der Waals surface area (Å²) < 4.78 is 9.82. The van der Waals surface area contributed by atoms with Gasteiger partial charge in [-0.05, 0) is 25.9 Å². The highest BCUT2D eigenvalue weighted by Gasteiger charge is 2.21. The zero-order valence-electron chi connectivity index (χ0n) is 8.04. The molecule has 0 bridgehead atoms. The van der Waals surface area contributed by atoms with Crippen LogP contribution in [0.4, 0.5) is 0 Å². The van der Waals surface area contributed by atoms with Crippen molar-refractivity contribution in [1.82, 2.24) is 5.32 Å². The molecule has 1 aliphatic rings. The van der Waals surface area contributed by atoms with Crippen molar-refractivity contribution in [3.8, 4) is 0 Å². The van der Waals surface area contributed by atoms with E-state index in [1.807, 2.05) is 0 Å². The van der Waals surface area contributed by atoms with E-state index < -0.39 is 0 Å². The molecule has 0 aromatic heterocycles. The fraction of sp³-hybridized carbons (Fsp3) is 0.889. The summed E-state index contributed by atoms with van der Waals surface area (Å²) in [6, 6.07) is 0. The molecule has 0 unspecified atom stereocenters. The van der Waals surface area contributed by atoms with Crippen molar-refractivity contribution in [3.05, 3.63) is 0 Å². The summed E-state index contributed by atoms with van der Waals surface area (Å²) in [4.78, 5) is 11.4. The Kier molecular flexibility index (Phi) is 4.78. The highest BCUT2D eigenvalue weighted by atomic mass is 16.6. The molecule has 0 saturated carbocycles. The maximum Gasteiger partial charge on any atom is 0.309 e. The summed E-state index contributed by atoms with van der Waals surface area (Å²) in [6.45, 7) is 2.70. The highest BCUT2D eigenvalue weighted by molar-refractivity contribution is 5.72. The van der Waals surface area contributed by atoms with Gasteiger partial charge in [0.2, 0.25) is 0 Å². The second-order valence-electron chi connectivity index (χ2n) is 3.18. The molecule has 0 radical (unpaired) electrons. The van der Waals surface area contributed by atoms with Crippen LogP contribution in [0.1, 0.15) is 12.8 Å². The Morgan fingerprint density at radius 3 is 2.69 bits per heavy atom. The lowest BCUT2D eigenvalue weighted by Gasteiger charge is -2.20. The van der Waals surface area contributed by atoms with Crippen LogP contribution in [0.2, 0.25) is 0 Å². The lowest BCUT2D eigenvalue weighted by molar-refractivity contribution is -0.150. The zero-order valence-corrected chi connectivity index (χ0v) is 8.04. The third kappa shape index (κ3) is 3.74. The smallest absolute Gasteiger partial charge is 0.309 e. The van der Waals surface area contributed by atoms with Gasteiger partial charge in [0.25, 0.3) is 0 Å². The molecular weight excluding hydrogens is 170 g/mol. The number of hydrogen-bond acceptors (Lipinski definition) is 4. The third-order valence-electron chi connectivity index (χ3n) is 2.20. The molecule has 4 nitrogen and oxygen atoms in total. The van der Waals surface area contributed by atoms with E-state index >= 15 is 0 Å². The normalized spacial score (nSPS) is 18.5. The van der Waals surface area contributed by atoms with Crippen LogP contribution in [-0.4, -0.2) is 39.4 Å². The summed E-state index contributed by atoms with van der Waals surface area (Å²) in [5.74, 6) is 0.0247. The van der Waals surface area contributed by atoms with E-state index in [4.69, 9.17) is 9.47 Å². The molecule has 1 rings (SSSR count). The Bertz CT molecular complexity index is 155. The van der Waals surface area contributed by atoms with E-state index in [9.17, 15) is 4.79 Å². The van der Waals surface area contributed by atoms with Gasteiger partial charge in [-0.3, -0.25) is 4.79 Å². The Morgan fingerprint density at radius 1 is 1.38 bits per heavy atom. The van der Waals surface area contributed by atoms with Gasteiger partial charge in [0.15, 0.2) is 0 Å². The second kappa shape index (κ2) is 5.94. The Balaban J connectivity index is 2.13. The number of carbonyl (C=O) groups is 1. The molecule has 76 valence electrons. The minimum atomic E-state index is -0.0708. The maximum absolute atomic E-state index is 11.4. The van der Waals surface area contributed by atoms with Crippen molar-refractivity contribution in [1.29, 1.82) is 0 Å². The summed E-state index contributed by atoms with van der Waals surface area (Å²) in [5.41, 5.74) is 0. The Hall–Kier alpha value is -0.610. The topological polar surface area (TPSA) is 47.6 Å². The van der Waals surface area contributed by atoms with Gasteiger partial charge in [-0.1, -0.05) is 0 Å². The molecule has 1 saturated heterocycles. The molecular formula is C9H17NO3. The summed E-state index contributed by atoms with van der Waals surface area (Å²) in [5, 5.41) is 3.20. The minimum Gasteiger partial charge on any atom is -0.463 e. The molecule has 0 atom stereocenters.